The van der Waals surface area contributed by atoms with Gasteiger partial charge in [0.25, 0.3) is 0 Å². The van der Waals surface area contributed by atoms with Crippen molar-refractivity contribution in [2.45, 2.75) is 19.4 Å². The number of carbonyl (C=O) groups excluding carboxylic acids is 1. The molecule has 97 valence electrons. The van der Waals surface area contributed by atoms with Crippen LogP contribution in [0.15, 0.2) is 60.7 Å². The largest absolute Gasteiger partial charge is 0.330 e. The summed E-state index contributed by atoms with van der Waals surface area (Å²) in [5.41, 5.74) is 2.38. The number of rotatable bonds is 6. The molecule has 0 spiro atoms. The van der Waals surface area contributed by atoms with E-state index in [2.05, 4.69) is 19.1 Å². The smallest absolute Gasteiger partial charge is 0.312 e. The molecule has 0 fully saturated rings. The average Bonchev–Trinajstić information content (AvgIpc) is 2.48. The van der Waals surface area contributed by atoms with Crippen molar-refractivity contribution in [1.82, 2.24) is 4.90 Å². The van der Waals surface area contributed by atoms with Gasteiger partial charge in [-0.25, -0.2) is 0 Å². The first kappa shape index (κ1) is 13.3. The van der Waals surface area contributed by atoms with Crippen molar-refractivity contribution < 1.29 is 4.79 Å². The maximum Gasteiger partial charge on any atom is 0.312 e. The first-order valence-corrected chi connectivity index (χ1v) is 6.51. The van der Waals surface area contributed by atoms with Crippen molar-refractivity contribution in [3.05, 3.63) is 71.8 Å². The summed E-state index contributed by atoms with van der Waals surface area (Å²) in [6, 6.07) is 20.2. The Balaban J connectivity index is 1.98. The van der Waals surface area contributed by atoms with Crippen molar-refractivity contribution in [2.24, 2.45) is 0 Å². The van der Waals surface area contributed by atoms with Crippen LogP contribution >= 0.6 is 0 Å². The molecule has 0 N–H and O–H groups in total. The molecule has 0 saturated heterocycles. The van der Waals surface area contributed by atoms with E-state index in [4.69, 9.17) is 0 Å². The minimum absolute atomic E-state index is 0.311. The second kappa shape index (κ2) is 6.74. The SMILES string of the molecule is CC(CN([C]=O)Cc1ccccc1)c1ccccc1. The highest BCUT2D eigenvalue weighted by atomic mass is 16.1. The van der Waals surface area contributed by atoms with E-state index in [1.807, 2.05) is 54.9 Å². The predicted octanol–water partition coefficient (Wildman–Crippen LogP) is 3.36. The fourth-order valence-corrected chi connectivity index (χ4v) is 2.16. The van der Waals surface area contributed by atoms with Gasteiger partial charge in [0.2, 0.25) is 0 Å². The molecule has 1 unspecified atom stereocenters. The number of benzene rings is 2. The predicted molar refractivity (Wildman–Crippen MR) is 77.4 cm³/mol. The van der Waals surface area contributed by atoms with Crippen LogP contribution in [-0.2, 0) is 11.3 Å². The summed E-state index contributed by atoms with van der Waals surface area (Å²) in [5.74, 6) is 0.311. The second-order valence-corrected chi connectivity index (χ2v) is 4.77. The van der Waals surface area contributed by atoms with Gasteiger partial charge in [0.05, 0.1) is 0 Å². The third kappa shape index (κ3) is 3.95. The first-order chi connectivity index (χ1) is 9.29. The zero-order chi connectivity index (χ0) is 13.5. The van der Waals surface area contributed by atoms with Crippen LogP contribution < -0.4 is 0 Å². The van der Waals surface area contributed by atoms with Gasteiger partial charge < -0.3 is 4.90 Å². The topological polar surface area (TPSA) is 20.3 Å². The Hall–Kier alpha value is -2.09. The van der Waals surface area contributed by atoms with Crippen LogP contribution in [0.25, 0.3) is 0 Å². The molecule has 0 aliphatic carbocycles. The van der Waals surface area contributed by atoms with Gasteiger partial charge in [0.15, 0.2) is 0 Å². The molecular formula is C17H18NO. The number of hydrogen-bond donors (Lipinski definition) is 0. The minimum Gasteiger partial charge on any atom is -0.330 e. The molecule has 2 rings (SSSR count). The third-order valence-electron chi connectivity index (χ3n) is 3.21. The van der Waals surface area contributed by atoms with Gasteiger partial charge in [-0.3, -0.25) is 4.79 Å². The zero-order valence-corrected chi connectivity index (χ0v) is 11.1. The van der Waals surface area contributed by atoms with Gasteiger partial charge >= 0.3 is 6.41 Å². The average molecular weight is 252 g/mol. The number of amides is 1. The van der Waals surface area contributed by atoms with E-state index in [0.29, 0.717) is 19.0 Å². The van der Waals surface area contributed by atoms with Crippen LogP contribution in [0.4, 0.5) is 0 Å². The van der Waals surface area contributed by atoms with E-state index in [-0.39, 0.29) is 0 Å². The van der Waals surface area contributed by atoms with Crippen LogP contribution in [0.5, 0.6) is 0 Å². The van der Waals surface area contributed by atoms with Gasteiger partial charge in [-0.1, -0.05) is 67.6 Å². The molecule has 0 heterocycles. The van der Waals surface area contributed by atoms with Crippen molar-refractivity contribution in [1.29, 1.82) is 0 Å². The fraction of sp³-hybridized carbons (Fsp3) is 0.235. The Labute approximate surface area is 114 Å². The van der Waals surface area contributed by atoms with E-state index >= 15 is 0 Å². The summed E-state index contributed by atoms with van der Waals surface area (Å²) in [5, 5.41) is 0. The molecule has 2 aromatic carbocycles. The number of nitrogens with zero attached hydrogens (tertiary/aromatic N) is 1. The lowest BCUT2D eigenvalue weighted by Gasteiger charge is -2.21. The molecule has 2 aromatic rings. The van der Waals surface area contributed by atoms with Crippen molar-refractivity contribution in [3.63, 3.8) is 0 Å². The third-order valence-corrected chi connectivity index (χ3v) is 3.21. The quantitative estimate of drug-likeness (QED) is 0.722. The lowest BCUT2D eigenvalue weighted by atomic mass is 10.0. The lowest BCUT2D eigenvalue weighted by molar-refractivity contribution is 0.356. The molecule has 2 nitrogen and oxygen atoms in total. The molecule has 2 heteroatoms. The molecule has 1 atom stereocenters. The van der Waals surface area contributed by atoms with Gasteiger partial charge in [-0.15, -0.1) is 0 Å². The Morgan fingerprint density at radius 1 is 1.00 bits per heavy atom. The molecule has 0 saturated carbocycles. The van der Waals surface area contributed by atoms with Crippen LogP contribution in [0.2, 0.25) is 0 Å². The molecule has 19 heavy (non-hydrogen) atoms. The first-order valence-electron chi connectivity index (χ1n) is 6.51. The monoisotopic (exact) mass is 252 g/mol. The van der Waals surface area contributed by atoms with Gasteiger partial charge in [0, 0.05) is 13.1 Å². The van der Waals surface area contributed by atoms with E-state index < -0.39 is 0 Å². The maximum absolute atomic E-state index is 11.1. The van der Waals surface area contributed by atoms with Crippen LogP contribution in [0, 0.1) is 0 Å². The van der Waals surface area contributed by atoms with Gasteiger partial charge in [-0.2, -0.15) is 0 Å². The van der Waals surface area contributed by atoms with Gasteiger partial charge in [0.1, 0.15) is 0 Å². The number of hydrogen-bond acceptors (Lipinski definition) is 1. The van der Waals surface area contributed by atoms with Gasteiger partial charge in [-0.05, 0) is 17.0 Å². The molecule has 1 radical (unpaired) electrons. The summed E-state index contributed by atoms with van der Waals surface area (Å²) in [6.45, 7) is 3.43. The molecule has 0 bridgehead atoms. The molecular weight excluding hydrogens is 234 g/mol. The molecule has 0 aliphatic heterocycles. The minimum atomic E-state index is 0.311. The summed E-state index contributed by atoms with van der Waals surface area (Å²) < 4.78 is 0. The highest BCUT2D eigenvalue weighted by Gasteiger charge is 2.11. The highest BCUT2D eigenvalue weighted by Crippen LogP contribution is 2.16. The van der Waals surface area contributed by atoms with E-state index in [1.54, 1.807) is 4.90 Å². The van der Waals surface area contributed by atoms with E-state index in [1.165, 1.54) is 5.56 Å². The van der Waals surface area contributed by atoms with Crippen molar-refractivity contribution in [2.75, 3.05) is 6.54 Å². The Kier molecular flexibility index (Phi) is 4.73. The Bertz CT molecular complexity index is 495. The van der Waals surface area contributed by atoms with E-state index in [9.17, 15) is 4.79 Å². The lowest BCUT2D eigenvalue weighted by Crippen LogP contribution is -2.26. The Morgan fingerprint density at radius 3 is 2.16 bits per heavy atom. The summed E-state index contributed by atoms with van der Waals surface area (Å²) in [6.07, 6.45) is 2.03. The highest BCUT2D eigenvalue weighted by molar-refractivity contribution is 5.48. The maximum atomic E-state index is 11.1. The normalized spacial score (nSPS) is 11.8. The Morgan fingerprint density at radius 2 is 1.58 bits per heavy atom. The summed E-state index contributed by atoms with van der Waals surface area (Å²) in [7, 11) is 0. The van der Waals surface area contributed by atoms with Crippen molar-refractivity contribution >= 4 is 6.41 Å². The van der Waals surface area contributed by atoms with Crippen molar-refractivity contribution in [3.8, 4) is 0 Å². The molecule has 0 aliphatic rings. The fourth-order valence-electron chi connectivity index (χ4n) is 2.16. The van der Waals surface area contributed by atoms with Crippen LogP contribution in [-0.4, -0.2) is 17.9 Å². The summed E-state index contributed by atoms with van der Waals surface area (Å²) >= 11 is 0. The molecule has 0 aromatic heterocycles. The van der Waals surface area contributed by atoms with Crippen LogP contribution in [0.3, 0.4) is 0 Å². The second-order valence-electron chi connectivity index (χ2n) is 4.77. The molecule has 1 amide bonds. The summed E-state index contributed by atoms with van der Waals surface area (Å²) in [4.78, 5) is 12.8. The van der Waals surface area contributed by atoms with E-state index in [0.717, 1.165) is 5.56 Å². The zero-order valence-electron chi connectivity index (χ0n) is 11.1. The van der Waals surface area contributed by atoms with Crippen LogP contribution in [0.1, 0.15) is 24.0 Å². The standard InChI is InChI=1S/C17H18NO/c1-15(17-10-6-3-7-11-17)12-18(14-19)13-16-8-4-2-5-9-16/h2-11,15H,12-13H2,1H3.